The average molecular weight is 1060 g/mol. The van der Waals surface area contributed by atoms with Crippen LogP contribution in [0.2, 0.25) is 0 Å². The molecule has 0 aliphatic heterocycles. The molecular formula is C42H74N16O14S. The van der Waals surface area contributed by atoms with Gasteiger partial charge in [-0.15, -0.1) is 0 Å². The zero-order valence-corrected chi connectivity index (χ0v) is 42.0. The summed E-state index contributed by atoms with van der Waals surface area (Å²) in [4.78, 5) is 161. The highest BCUT2D eigenvalue weighted by Gasteiger charge is 2.33. The number of nitrogens with two attached hydrogens (primary N) is 6. The van der Waals surface area contributed by atoms with Crippen LogP contribution in [0.25, 0.3) is 0 Å². The van der Waals surface area contributed by atoms with Crippen LogP contribution in [0.5, 0.6) is 0 Å². The minimum Gasteiger partial charge on any atom is -0.481 e. The fraction of sp³-hybridized carbons (Fsp3) is 0.667. The van der Waals surface area contributed by atoms with Crippen LogP contribution < -0.4 is 76.9 Å². The van der Waals surface area contributed by atoms with Gasteiger partial charge in [0.25, 0.3) is 0 Å². The molecule has 0 rings (SSSR count). The lowest BCUT2D eigenvalue weighted by Crippen LogP contribution is -2.59. The Morgan fingerprint density at radius 3 is 1.14 bits per heavy atom. The smallest absolute Gasteiger partial charge is 0.303 e. The molecule has 0 fully saturated rings. The molecule has 0 saturated heterocycles. The van der Waals surface area contributed by atoms with E-state index in [1.807, 2.05) is 0 Å². The highest BCUT2D eigenvalue weighted by molar-refractivity contribution is 7.98. The summed E-state index contributed by atoms with van der Waals surface area (Å²) in [7, 11) is 0. The molecular weight excluding hydrogens is 985 g/mol. The quantitative estimate of drug-likeness (QED) is 0.0154. The Bertz CT molecular complexity index is 1950. The molecule has 0 bridgehead atoms. The van der Waals surface area contributed by atoms with Gasteiger partial charge in [0.1, 0.15) is 36.3 Å². The Morgan fingerprint density at radius 1 is 0.452 bits per heavy atom. The fourth-order valence-electron chi connectivity index (χ4n) is 6.43. The normalized spacial score (nSPS) is 13.1. The summed E-state index contributed by atoms with van der Waals surface area (Å²) in [5.41, 5.74) is 32.5. The monoisotopic (exact) mass is 1060 g/mol. The molecule has 6 atom stereocenters. The molecule has 30 nitrogen and oxygen atoms in total. The van der Waals surface area contributed by atoms with Gasteiger partial charge in [-0.3, -0.25) is 67.5 Å². The van der Waals surface area contributed by atoms with E-state index in [0.717, 1.165) is 6.92 Å². The Labute approximate surface area is 426 Å². The van der Waals surface area contributed by atoms with E-state index in [0.29, 0.717) is 0 Å². The van der Waals surface area contributed by atoms with E-state index in [2.05, 4.69) is 52.5 Å². The number of aliphatic carboxylic acids is 2. The molecule has 0 heterocycles. The third-order valence-corrected chi connectivity index (χ3v) is 10.8. The van der Waals surface area contributed by atoms with E-state index < -0.39 is 133 Å². The lowest BCUT2D eigenvalue weighted by atomic mass is 10.0. The lowest BCUT2D eigenvalue weighted by molar-refractivity contribution is -0.138. The second-order valence-electron chi connectivity index (χ2n) is 16.4. The molecule has 0 spiro atoms. The average Bonchev–Trinajstić information content (AvgIpc) is 3.30. The van der Waals surface area contributed by atoms with Crippen molar-refractivity contribution in [2.24, 2.45) is 44.4 Å². The standard InChI is InChI=1S/C42H74N16O14S/c1-23(59)53-26(12-15-31(61)49-18-5-9-33(63)64)37(69)57-28(13-16-32(62)50-19-6-10-34(65)66)39(71)58-29(17-22-73-2)40(72)56-27(11-14-30(43)60)38(70)55-25(8-4-21-52-42(47)48)36(68)54-24(35(44)67)7-3-20-51-41(45)46/h24-29H,3-22H2,1-2H3,(H2,43,60)(H2,44,67)(H,49,61)(H,50,62)(H,53,59)(H,54,68)(H,55,70)(H,56,72)(H,57,69)(H,58,71)(H,63,64)(H,65,66)(H4,45,46,51)(H4,47,48,52). The number of nitrogens with zero attached hydrogens (tertiary/aromatic N) is 2. The number of aliphatic imine (C=N–C) groups is 2. The zero-order valence-electron chi connectivity index (χ0n) is 41.2. The molecule has 73 heavy (non-hydrogen) atoms. The van der Waals surface area contributed by atoms with E-state index in [1.54, 1.807) is 6.26 Å². The van der Waals surface area contributed by atoms with Gasteiger partial charge in [-0.1, -0.05) is 0 Å². The molecule has 6 unspecified atom stereocenters. The number of nitrogens with one attached hydrogen (secondary N) is 8. The van der Waals surface area contributed by atoms with Crippen molar-refractivity contribution in [3.8, 4) is 0 Å². The van der Waals surface area contributed by atoms with Crippen LogP contribution >= 0.6 is 11.8 Å². The number of carbonyl (C=O) groups excluding carboxylic acids is 10. The van der Waals surface area contributed by atoms with E-state index in [1.165, 1.54) is 11.8 Å². The first-order valence-corrected chi connectivity index (χ1v) is 24.7. The van der Waals surface area contributed by atoms with Crippen molar-refractivity contribution in [1.29, 1.82) is 0 Å². The molecule has 22 N–H and O–H groups in total. The molecule has 0 aromatic rings. The highest BCUT2D eigenvalue weighted by Crippen LogP contribution is 2.10. The van der Waals surface area contributed by atoms with Gasteiger partial charge in [0.2, 0.25) is 59.1 Å². The molecule has 412 valence electrons. The molecule has 0 aliphatic carbocycles. The second-order valence-corrected chi connectivity index (χ2v) is 17.4. The van der Waals surface area contributed by atoms with Crippen LogP contribution in [0.4, 0.5) is 0 Å². The first-order chi connectivity index (χ1) is 34.4. The molecule has 0 saturated carbocycles. The number of primary amides is 2. The minimum absolute atomic E-state index is 0.00667. The number of rotatable bonds is 40. The number of amides is 10. The summed E-state index contributed by atoms with van der Waals surface area (Å²) >= 11 is 1.27. The van der Waals surface area contributed by atoms with Gasteiger partial charge < -0.3 is 87.1 Å². The Morgan fingerprint density at radius 2 is 0.795 bits per heavy atom. The number of carbonyl (C=O) groups is 12. The van der Waals surface area contributed by atoms with Gasteiger partial charge in [0.15, 0.2) is 11.9 Å². The summed E-state index contributed by atoms with van der Waals surface area (Å²) in [5.74, 6) is -10.8. The predicted molar refractivity (Wildman–Crippen MR) is 266 cm³/mol. The number of hydrogen-bond acceptors (Lipinski definition) is 15. The van der Waals surface area contributed by atoms with Gasteiger partial charge in [-0.2, -0.15) is 11.8 Å². The van der Waals surface area contributed by atoms with Crippen LogP contribution in [-0.4, -0.2) is 168 Å². The summed E-state index contributed by atoms with van der Waals surface area (Å²) in [5, 5.41) is 37.7. The van der Waals surface area contributed by atoms with Gasteiger partial charge >= 0.3 is 11.9 Å². The molecule has 0 aromatic heterocycles. The third kappa shape index (κ3) is 32.9. The summed E-state index contributed by atoms with van der Waals surface area (Å²) < 4.78 is 0. The summed E-state index contributed by atoms with van der Waals surface area (Å²) in [6.07, 6.45) is -0.664. The number of guanidine groups is 2. The molecule has 10 amide bonds. The van der Waals surface area contributed by atoms with Crippen LogP contribution in [-0.2, 0) is 57.5 Å². The first-order valence-electron chi connectivity index (χ1n) is 23.3. The van der Waals surface area contributed by atoms with Gasteiger partial charge in [0.05, 0.1) is 0 Å². The van der Waals surface area contributed by atoms with Crippen LogP contribution in [0, 0.1) is 0 Å². The maximum absolute atomic E-state index is 14.1. The highest BCUT2D eigenvalue weighted by atomic mass is 32.2. The van der Waals surface area contributed by atoms with Gasteiger partial charge in [0, 0.05) is 65.2 Å². The lowest BCUT2D eigenvalue weighted by Gasteiger charge is -2.27. The van der Waals surface area contributed by atoms with Crippen molar-refractivity contribution in [2.45, 2.75) is 139 Å². The van der Waals surface area contributed by atoms with Crippen LogP contribution in [0.3, 0.4) is 0 Å². The number of thioether (sulfide) groups is 1. The number of hydrogen-bond donors (Lipinski definition) is 16. The van der Waals surface area contributed by atoms with Crippen molar-refractivity contribution in [3.63, 3.8) is 0 Å². The van der Waals surface area contributed by atoms with E-state index in [4.69, 9.17) is 44.6 Å². The third-order valence-electron chi connectivity index (χ3n) is 10.2. The van der Waals surface area contributed by atoms with Crippen molar-refractivity contribution in [2.75, 3.05) is 38.2 Å². The fourth-order valence-corrected chi connectivity index (χ4v) is 6.90. The Balaban J connectivity index is 6.74. The van der Waals surface area contributed by atoms with E-state index >= 15 is 0 Å². The Hall–Kier alpha value is -7.47. The van der Waals surface area contributed by atoms with E-state index in [-0.39, 0.29) is 114 Å². The minimum atomic E-state index is -1.59. The van der Waals surface area contributed by atoms with Crippen LogP contribution in [0.15, 0.2) is 9.98 Å². The largest absolute Gasteiger partial charge is 0.481 e. The summed E-state index contributed by atoms with van der Waals surface area (Å²) in [6, 6.07) is -8.68. The SMILES string of the molecule is CSCCC(NC(=O)C(CCC(=O)NCCCC(=O)O)NC(=O)C(CCC(=O)NCCCC(=O)O)NC(C)=O)C(=O)NC(CCC(N)=O)C(=O)NC(CCCN=C(N)N)C(=O)NC(CCCN=C(N)N)C(N)=O. The maximum atomic E-state index is 14.1. The van der Waals surface area contributed by atoms with Crippen molar-refractivity contribution < 1.29 is 67.7 Å². The van der Waals surface area contributed by atoms with Gasteiger partial charge in [-0.05, 0) is 76.2 Å². The predicted octanol–water partition coefficient (Wildman–Crippen LogP) is -5.95. The van der Waals surface area contributed by atoms with E-state index in [9.17, 15) is 57.5 Å². The molecule has 0 radical (unpaired) electrons. The Kier molecular flexibility index (Phi) is 33.5. The van der Waals surface area contributed by atoms with Crippen LogP contribution in [0.1, 0.15) is 103 Å². The first kappa shape index (κ1) is 65.5. The summed E-state index contributed by atoms with van der Waals surface area (Å²) in [6.45, 7) is 1.21. The van der Waals surface area contributed by atoms with Crippen molar-refractivity contribution in [1.82, 2.24) is 42.5 Å². The zero-order chi connectivity index (χ0) is 55.5. The number of carboxylic acids is 2. The second kappa shape index (κ2) is 37.3. The molecule has 31 heteroatoms. The van der Waals surface area contributed by atoms with Gasteiger partial charge in [-0.25, -0.2) is 0 Å². The topological polar surface area (TPSA) is 522 Å². The van der Waals surface area contributed by atoms with Crippen molar-refractivity contribution in [3.05, 3.63) is 0 Å². The molecule has 0 aromatic carbocycles. The maximum Gasteiger partial charge on any atom is 0.303 e. The molecule has 0 aliphatic rings. The number of carboxylic acid groups (broad SMARTS) is 2. The van der Waals surface area contributed by atoms with Crippen molar-refractivity contribution >= 4 is 94.7 Å².